The summed E-state index contributed by atoms with van der Waals surface area (Å²) in [6, 6.07) is 5.01. The van der Waals surface area contributed by atoms with Crippen molar-refractivity contribution in [2.24, 2.45) is 0 Å². The minimum absolute atomic E-state index is 0.250. The van der Waals surface area contributed by atoms with Gasteiger partial charge in [-0.3, -0.25) is 0 Å². The van der Waals surface area contributed by atoms with Crippen LogP contribution in [0.15, 0.2) is 28.9 Å². The van der Waals surface area contributed by atoms with Crippen molar-refractivity contribution in [3.05, 3.63) is 39.6 Å². The Labute approximate surface area is 106 Å². The van der Waals surface area contributed by atoms with Crippen LogP contribution >= 0.6 is 27.3 Å². The van der Waals surface area contributed by atoms with Crippen LogP contribution in [0.2, 0.25) is 0 Å². The maximum Gasteiger partial charge on any atom is 0.134 e. The third kappa shape index (κ3) is 2.48. The van der Waals surface area contributed by atoms with E-state index in [1.54, 1.807) is 12.3 Å². The van der Waals surface area contributed by atoms with E-state index in [-0.39, 0.29) is 5.82 Å². The third-order valence-electron chi connectivity index (χ3n) is 2.07. The molecule has 1 heterocycles. The average Bonchev–Trinajstić information content (AvgIpc) is 2.67. The van der Waals surface area contributed by atoms with Gasteiger partial charge >= 0.3 is 0 Å². The summed E-state index contributed by atoms with van der Waals surface area (Å²) in [5, 5.41) is 3.76. The van der Waals surface area contributed by atoms with Gasteiger partial charge < -0.3 is 5.32 Å². The summed E-state index contributed by atoms with van der Waals surface area (Å²) in [5.41, 5.74) is 0.551. The first-order valence-corrected chi connectivity index (χ1v) is 6.36. The lowest BCUT2D eigenvalue weighted by Crippen LogP contribution is -2.02. The molecule has 1 N–H and O–H groups in total. The molecule has 1 aromatic carbocycles. The summed E-state index contributed by atoms with van der Waals surface area (Å²) in [5.74, 6) is -0.250. The number of rotatable bonds is 3. The molecule has 0 saturated carbocycles. The fourth-order valence-electron chi connectivity index (χ4n) is 1.35. The number of nitrogens with one attached hydrogen (secondary N) is 1. The standard InChI is InChI=1S/C11H10BrFN2S/c1-14-5-8-6-15-11(16-8)9-3-2-7(12)4-10(9)13/h2-4,6,14H,5H2,1H3. The largest absolute Gasteiger partial charge is 0.315 e. The lowest BCUT2D eigenvalue weighted by molar-refractivity contribution is 0.630. The number of nitrogens with zero attached hydrogens (tertiary/aromatic N) is 1. The van der Waals surface area contributed by atoms with Crippen molar-refractivity contribution in [2.75, 3.05) is 7.05 Å². The SMILES string of the molecule is CNCc1cnc(-c2ccc(Br)cc2F)s1. The van der Waals surface area contributed by atoms with Gasteiger partial charge in [0.1, 0.15) is 10.8 Å². The van der Waals surface area contributed by atoms with Crippen LogP contribution in [0.4, 0.5) is 4.39 Å². The van der Waals surface area contributed by atoms with Crippen LogP contribution in [0, 0.1) is 5.82 Å². The first-order valence-electron chi connectivity index (χ1n) is 4.75. The molecule has 0 unspecified atom stereocenters. The molecule has 0 aliphatic rings. The molecule has 0 fully saturated rings. The molecule has 0 bridgehead atoms. The second-order valence-electron chi connectivity index (χ2n) is 3.29. The van der Waals surface area contributed by atoms with Crippen molar-refractivity contribution in [1.82, 2.24) is 10.3 Å². The molecule has 0 atom stereocenters. The Kier molecular flexibility index (Phi) is 3.68. The van der Waals surface area contributed by atoms with Gasteiger partial charge in [0.15, 0.2) is 0 Å². The number of hydrogen-bond acceptors (Lipinski definition) is 3. The molecule has 0 aliphatic heterocycles. The Morgan fingerprint density at radius 1 is 1.50 bits per heavy atom. The number of thiazole rings is 1. The van der Waals surface area contributed by atoms with Crippen LogP contribution in [0.5, 0.6) is 0 Å². The zero-order valence-corrected chi connectivity index (χ0v) is 11.0. The third-order valence-corrected chi connectivity index (χ3v) is 3.59. The van der Waals surface area contributed by atoms with Crippen molar-refractivity contribution < 1.29 is 4.39 Å². The molecule has 84 valence electrons. The fourth-order valence-corrected chi connectivity index (χ4v) is 2.64. The molecule has 2 rings (SSSR count). The van der Waals surface area contributed by atoms with Crippen LogP contribution in [0.25, 0.3) is 10.6 Å². The van der Waals surface area contributed by atoms with Crippen LogP contribution < -0.4 is 5.32 Å². The van der Waals surface area contributed by atoms with Crippen molar-refractivity contribution in [3.8, 4) is 10.6 Å². The Morgan fingerprint density at radius 2 is 2.31 bits per heavy atom. The molecule has 0 radical (unpaired) electrons. The summed E-state index contributed by atoms with van der Waals surface area (Å²) >= 11 is 4.73. The van der Waals surface area contributed by atoms with Gasteiger partial charge in [0, 0.05) is 27.7 Å². The van der Waals surface area contributed by atoms with Crippen LogP contribution in [0.1, 0.15) is 4.88 Å². The highest BCUT2D eigenvalue weighted by atomic mass is 79.9. The van der Waals surface area contributed by atoms with Gasteiger partial charge in [-0.2, -0.15) is 0 Å². The molecule has 0 amide bonds. The number of aromatic nitrogens is 1. The van der Waals surface area contributed by atoms with Crippen LogP contribution in [-0.2, 0) is 6.54 Å². The molecule has 0 spiro atoms. The van der Waals surface area contributed by atoms with Crippen LogP contribution in [0.3, 0.4) is 0 Å². The van der Waals surface area contributed by atoms with E-state index in [4.69, 9.17) is 0 Å². The Bertz CT molecular complexity index is 498. The van der Waals surface area contributed by atoms with E-state index in [1.807, 2.05) is 13.1 Å². The Hall–Kier alpha value is -0.780. The monoisotopic (exact) mass is 300 g/mol. The molecule has 1 aromatic heterocycles. The Morgan fingerprint density at radius 3 is 3.00 bits per heavy atom. The molecule has 0 aliphatic carbocycles. The summed E-state index contributed by atoms with van der Waals surface area (Å²) in [4.78, 5) is 5.32. The predicted molar refractivity (Wildman–Crippen MR) is 68.0 cm³/mol. The average molecular weight is 301 g/mol. The lowest BCUT2D eigenvalue weighted by Gasteiger charge is -1.99. The minimum atomic E-state index is -0.250. The number of benzene rings is 1. The second-order valence-corrected chi connectivity index (χ2v) is 5.32. The van der Waals surface area contributed by atoms with E-state index < -0.39 is 0 Å². The van der Waals surface area contributed by atoms with Gasteiger partial charge in [-0.15, -0.1) is 11.3 Å². The maximum atomic E-state index is 13.7. The zero-order valence-electron chi connectivity index (χ0n) is 8.63. The van der Waals surface area contributed by atoms with E-state index in [9.17, 15) is 4.39 Å². The number of halogens is 2. The van der Waals surface area contributed by atoms with Gasteiger partial charge in [-0.25, -0.2) is 9.37 Å². The molecule has 16 heavy (non-hydrogen) atoms. The highest BCUT2D eigenvalue weighted by Gasteiger charge is 2.09. The lowest BCUT2D eigenvalue weighted by atomic mass is 10.2. The molecule has 5 heteroatoms. The highest BCUT2D eigenvalue weighted by molar-refractivity contribution is 9.10. The predicted octanol–water partition coefficient (Wildman–Crippen LogP) is 3.43. The minimum Gasteiger partial charge on any atom is -0.315 e. The zero-order chi connectivity index (χ0) is 11.5. The van der Waals surface area contributed by atoms with Crippen molar-refractivity contribution >= 4 is 27.3 Å². The topological polar surface area (TPSA) is 24.9 Å². The van der Waals surface area contributed by atoms with Crippen molar-refractivity contribution in [2.45, 2.75) is 6.54 Å². The molecule has 2 aromatic rings. The van der Waals surface area contributed by atoms with Crippen LogP contribution in [-0.4, -0.2) is 12.0 Å². The van der Waals surface area contributed by atoms with E-state index in [2.05, 4.69) is 26.2 Å². The first-order chi connectivity index (χ1) is 7.70. The van der Waals surface area contributed by atoms with E-state index in [0.29, 0.717) is 5.56 Å². The van der Waals surface area contributed by atoms with Crippen molar-refractivity contribution in [3.63, 3.8) is 0 Å². The molecule has 0 saturated heterocycles. The summed E-state index contributed by atoms with van der Waals surface area (Å²) in [6.07, 6.45) is 1.78. The van der Waals surface area contributed by atoms with Crippen molar-refractivity contribution in [1.29, 1.82) is 0 Å². The molecular formula is C11H10BrFN2S. The van der Waals surface area contributed by atoms with Gasteiger partial charge in [0.05, 0.1) is 0 Å². The smallest absolute Gasteiger partial charge is 0.134 e. The van der Waals surface area contributed by atoms with E-state index >= 15 is 0 Å². The molecule has 2 nitrogen and oxygen atoms in total. The summed E-state index contributed by atoms with van der Waals surface area (Å²) in [7, 11) is 1.87. The summed E-state index contributed by atoms with van der Waals surface area (Å²) < 4.78 is 14.4. The quantitative estimate of drug-likeness (QED) is 0.939. The second kappa shape index (κ2) is 5.03. The maximum absolute atomic E-state index is 13.7. The first kappa shape index (κ1) is 11.7. The van der Waals surface area contributed by atoms with Gasteiger partial charge in [-0.05, 0) is 25.2 Å². The fraction of sp³-hybridized carbons (Fsp3) is 0.182. The van der Waals surface area contributed by atoms with Gasteiger partial charge in [-0.1, -0.05) is 15.9 Å². The Balaban J connectivity index is 2.35. The molecular weight excluding hydrogens is 291 g/mol. The highest BCUT2D eigenvalue weighted by Crippen LogP contribution is 2.29. The van der Waals surface area contributed by atoms with E-state index in [0.717, 1.165) is 20.9 Å². The normalized spacial score (nSPS) is 10.7. The van der Waals surface area contributed by atoms with Gasteiger partial charge in [0.25, 0.3) is 0 Å². The van der Waals surface area contributed by atoms with Gasteiger partial charge in [0.2, 0.25) is 0 Å². The summed E-state index contributed by atoms with van der Waals surface area (Å²) in [6.45, 7) is 0.760. The van der Waals surface area contributed by atoms with E-state index in [1.165, 1.54) is 17.4 Å². The number of hydrogen-bond donors (Lipinski definition) is 1.